The highest BCUT2D eigenvalue weighted by molar-refractivity contribution is 6.32. The second kappa shape index (κ2) is 8.46. The Kier molecular flexibility index (Phi) is 7.26. The van der Waals surface area contributed by atoms with E-state index in [1.807, 2.05) is 13.8 Å². The number of aromatic nitrogens is 1. The lowest BCUT2D eigenvalue weighted by atomic mass is 10.1. The topological polar surface area (TPSA) is 68.7 Å². The molecule has 0 bridgehead atoms. The molecule has 0 aliphatic carbocycles. The Morgan fingerprint density at radius 1 is 1.55 bits per heavy atom. The fourth-order valence-corrected chi connectivity index (χ4v) is 2.17. The van der Waals surface area contributed by atoms with Crippen LogP contribution in [0.4, 0.5) is 0 Å². The Hall–Kier alpha value is -1.17. The van der Waals surface area contributed by atoms with Crippen LogP contribution in [0.5, 0.6) is 0 Å². The third-order valence-corrected chi connectivity index (χ3v) is 3.42. The first-order valence-electron chi connectivity index (χ1n) is 7.37. The highest BCUT2D eigenvalue weighted by atomic mass is 35.5. The number of ether oxygens (including phenoxy) is 2. The normalized spacial score (nSPS) is 19.6. The molecule has 1 atom stereocenters. The molecular formula is C16H24ClNO4. The Morgan fingerprint density at radius 3 is 2.64 bits per heavy atom. The maximum atomic E-state index is 10.3. The number of nitrogens with zero attached hydrogens (tertiary/aromatic N) is 1. The lowest BCUT2D eigenvalue weighted by Crippen LogP contribution is -2.21. The summed E-state index contributed by atoms with van der Waals surface area (Å²) in [5, 5.41) is 8.46. The van der Waals surface area contributed by atoms with Gasteiger partial charge >= 0.3 is 5.97 Å². The van der Waals surface area contributed by atoms with Crippen LogP contribution in [-0.2, 0) is 9.47 Å². The maximum absolute atomic E-state index is 10.3. The average Bonchev–Trinajstić information content (AvgIpc) is 2.77. The first kappa shape index (κ1) is 18.9. The molecule has 124 valence electrons. The molecule has 0 spiro atoms. The van der Waals surface area contributed by atoms with Crippen LogP contribution < -0.4 is 0 Å². The Balaban J connectivity index is 0.000000224. The zero-order valence-corrected chi connectivity index (χ0v) is 14.3. The minimum atomic E-state index is -1.06. The number of rotatable bonds is 4. The van der Waals surface area contributed by atoms with Crippen molar-refractivity contribution >= 4 is 17.6 Å². The number of halogens is 1. The summed E-state index contributed by atoms with van der Waals surface area (Å²) in [4.78, 5) is 13.9. The van der Waals surface area contributed by atoms with Crippen molar-refractivity contribution in [3.63, 3.8) is 0 Å². The van der Waals surface area contributed by atoms with Crippen molar-refractivity contribution in [2.75, 3.05) is 6.61 Å². The first-order chi connectivity index (χ1) is 10.2. The number of hydrogen-bond acceptors (Lipinski definition) is 4. The molecule has 2 rings (SSSR count). The second-order valence-electron chi connectivity index (χ2n) is 6.07. The van der Waals surface area contributed by atoms with Gasteiger partial charge in [-0.1, -0.05) is 25.4 Å². The van der Waals surface area contributed by atoms with E-state index in [2.05, 4.69) is 18.8 Å². The summed E-state index contributed by atoms with van der Waals surface area (Å²) in [6.45, 7) is 9.19. The summed E-state index contributed by atoms with van der Waals surface area (Å²) in [6, 6.07) is 2.92. The highest BCUT2D eigenvalue weighted by Gasteiger charge is 2.32. The zero-order valence-electron chi connectivity index (χ0n) is 13.5. The number of carbonyl (C=O) groups is 1. The van der Waals surface area contributed by atoms with Crippen molar-refractivity contribution in [2.24, 2.45) is 5.92 Å². The van der Waals surface area contributed by atoms with E-state index in [4.69, 9.17) is 26.2 Å². The van der Waals surface area contributed by atoms with Crippen molar-refractivity contribution in [1.29, 1.82) is 0 Å². The van der Waals surface area contributed by atoms with Gasteiger partial charge in [-0.15, -0.1) is 0 Å². The van der Waals surface area contributed by atoms with Gasteiger partial charge in [-0.2, -0.15) is 0 Å². The van der Waals surface area contributed by atoms with Gasteiger partial charge in [-0.05, 0) is 44.7 Å². The predicted molar refractivity (Wildman–Crippen MR) is 85.2 cm³/mol. The van der Waals surface area contributed by atoms with E-state index in [1.54, 1.807) is 0 Å². The molecule has 0 radical (unpaired) electrons. The SMILES string of the molecule is CC(C)CCC1COC(C)(C)O1.O=C(O)c1cccnc1Cl. The fraction of sp³-hybridized carbons (Fsp3) is 0.625. The van der Waals surface area contributed by atoms with Crippen LogP contribution in [0.15, 0.2) is 18.3 Å². The van der Waals surface area contributed by atoms with Gasteiger partial charge in [0.05, 0.1) is 18.3 Å². The standard InChI is InChI=1S/C10H20O2.C6H4ClNO2/c1-8(2)5-6-9-7-11-10(3,4)12-9;7-5-4(6(9)10)2-1-3-8-5/h8-9H,5-7H2,1-4H3;1-3H,(H,9,10). The van der Waals surface area contributed by atoms with Gasteiger partial charge in [0.25, 0.3) is 0 Å². The molecule has 1 aliphatic rings. The number of aromatic carboxylic acids is 1. The fourth-order valence-electron chi connectivity index (χ4n) is 1.97. The van der Waals surface area contributed by atoms with Crippen molar-refractivity contribution in [3.05, 3.63) is 29.0 Å². The third-order valence-electron chi connectivity index (χ3n) is 3.12. The molecule has 0 aromatic carbocycles. The second-order valence-corrected chi connectivity index (χ2v) is 6.43. The summed E-state index contributed by atoms with van der Waals surface area (Å²) in [5.41, 5.74) is 0.0316. The monoisotopic (exact) mass is 329 g/mol. The molecule has 1 saturated heterocycles. The van der Waals surface area contributed by atoms with Crippen LogP contribution in [0, 0.1) is 5.92 Å². The molecule has 1 fully saturated rings. The van der Waals surface area contributed by atoms with Gasteiger partial charge in [-0.3, -0.25) is 0 Å². The zero-order chi connectivity index (χ0) is 16.8. The highest BCUT2D eigenvalue weighted by Crippen LogP contribution is 2.25. The predicted octanol–water partition coefficient (Wildman–Crippen LogP) is 4.01. The van der Waals surface area contributed by atoms with E-state index in [9.17, 15) is 4.79 Å². The van der Waals surface area contributed by atoms with Crippen LogP contribution >= 0.6 is 11.6 Å². The van der Waals surface area contributed by atoms with E-state index >= 15 is 0 Å². The Morgan fingerprint density at radius 2 is 2.23 bits per heavy atom. The molecule has 5 nitrogen and oxygen atoms in total. The van der Waals surface area contributed by atoms with E-state index < -0.39 is 5.97 Å². The summed E-state index contributed by atoms with van der Waals surface area (Å²) in [5.74, 6) is -0.642. The molecule has 2 heterocycles. The smallest absolute Gasteiger partial charge is 0.338 e. The minimum Gasteiger partial charge on any atom is -0.478 e. The minimum absolute atomic E-state index is 0.0231. The van der Waals surface area contributed by atoms with Gasteiger partial charge in [0, 0.05) is 6.20 Å². The number of carboxylic acids is 1. The molecule has 0 amide bonds. The molecule has 6 heteroatoms. The van der Waals surface area contributed by atoms with E-state index in [-0.39, 0.29) is 16.5 Å². The molecule has 0 saturated carbocycles. The van der Waals surface area contributed by atoms with Crippen LogP contribution in [0.2, 0.25) is 5.15 Å². The van der Waals surface area contributed by atoms with Crippen LogP contribution in [0.25, 0.3) is 0 Å². The molecule has 1 N–H and O–H groups in total. The van der Waals surface area contributed by atoms with Crippen molar-refractivity contribution in [3.8, 4) is 0 Å². The first-order valence-corrected chi connectivity index (χ1v) is 7.74. The Labute approximate surface area is 136 Å². The van der Waals surface area contributed by atoms with E-state index in [1.165, 1.54) is 24.8 Å². The molecule has 22 heavy (non-hydrogen) atoms. The summed E-state index contributed by atoms with van der Waals surface area (Å²) in [7, 11) is 0. The van der Waals surface area contributed by atoms with Gasteiger partial charge in [0.15, 0.2) is 5.79 Å². The molecule has 1 unspecified atom stereocenters. The largest absolute Gasteiger partial charge is 0.478 e. The third kappa shape index (κ3) is 6.73. The average molecular weight is 330 g/mol. The number of pyridine rings is 1. The van der Waals surface area contributed by atoms with Gasteiger partial charge < -0.3 is 14.6 Å². The van der Waals surface area contributed by atoms with Crippen LogP contribution in [0.1, 0.15) is 50.9 Å². The maximum Gasteiger partial charge on any atom is 0.338 e. The number of carboxylic acid groups (broad SMARTS) is 1. The van der Waals surface area contributed by atoms with Gasteiger partial charge in [0.2, 0.25) is 0 Å². The van der Waals surface area contributed by atoms with Crippen molar-refractivity contribution in [1.82, 2.24) is 4.98 Å². The molecular weight excluding hydrogens is 306 g/mol. The quantitative estimate of drug-likeness (QED) is 0.845. The molecule has 1 aromatic rings. The number of hydrogen-bond donors (Lipinski definition) is 1. The van der Waals surface area contributed by atoms with Gasteiger partial charge in [-0.25, -0.2) is 9.78 Å². The lowest BCUT2D eigenvalue weighted by Gasteiger charge is -2.17. The summed E-state index contributed by atoms with van der Waals surface area (Å²) in [6.07, 6.45) is 4.11. The molecule has 1 aromatic heterocycles. The lowest BCUT2D eigenvalue weighted by molar-refractivity contribution is -0.139. The molecule has 1 aliphatic heterocycles. The van der Waals surface area contributed by atoms with Gasteiger partial charge in [0.1, 0.15) is 5.15 Å². The summed E-state index contributed by atoms with van der Waals surface area (Å²) < 4.78 is 11.1. The van der Waals surface area contributed by atoms with Crippen molar-refractivity contribution in [2.45, 2.75) is 52.4 Å². The summed E-state index contributed by atoms with van der Waals surface area (Å²) >= 11 is 5.43. The van der Waals surface area contributed by atoms with E-state index in [0.717, 1.165) is 18.9 Å². The van der Waals surface area contributed by atoms with Crippen LogP contribution in [-0.4, -0.2) is 34.6 Å². The van der Waals surface area contributed by atoms with Crippen molar-refractivity contribution < 1.29 is 19.4 Å². The van der Waals surface area contributed by atoms with Crippen LogP contribution in [0.3, 0.4) is 0 Å². The Bertz CT molecular complexity index is 491. The van der Waals surface area contributed by atoms with E-state index in [0.29, 0.717) is 6.10 Å².